The van der Waals surface area contributed by atoms with E-state index >= 15 is 0 Å². The maximum Gasteiger partial charge on any atom is 0.221 e. The number of aromatic nitrogens is 1. The van der Waals surface area contributed by atoms with Crippen molar-refractivity contribution in [1.29, 1.82) is 5.26 Å². The Kier molecular flexibility index (Phi) is 7.83. The number of carbonyl (C=O) groups excluding carboxylic acids is 1. The zero-order chi connectivity index (χ0) is 21.9. The van der Waals surface area contributed by atoms with Gasteiger partial charge in [-0.2, -0.15) is 5.26 Å². The van der Waals surface area contributed by atoms with Gasteiger partial charge in [0.1, 0.15) is 5.82 Å². The summed E-state index contributed by atoms with van der Waals surface area (Å²) in [5.74, 6) is 0.265. The fourth-order valence-corrected chi connectivity index (χ4v) is 3.06. The highest BCUT2D eigenvalue weighted by Gasteiger charge is 2.09. The summed E-state index contributed by atoms with van der Waals surface area (Å²) >= 11 is 0. The monoisotopic (exact) mass is 414 g/mol. The van der Waals surface area contributed by atoms with E-state index in [1.165, 1.54) is 0 Å². The number of unbranched alkanes of at least 4 members (excludes halogenated alkanes) is 1. The van der Waals surface area contributed by atoms with Crippen LogP contribution in [0.25, 0.3) is 0 Å². The molecule has 7 heteroatoms. The molecule has 0 unspecified atom stereocenters. The molecule has 0 spiro atoms. The number of anilines is 4. The van der Waals surface area contributed by atoms with Crippen LogP contribution in [-0.4, -0.2) is 17.4 Å². The number of nitrogens with two attached hydrogens (primary N) is 1. The van der Waals surface area contributed by atoms with Crippen molar-refractivity contribution in [3.05, 3.63) is 78.0 Å². The number of rotatable bonds is 11. The van der Waals surface area contributed by atoms with E-state index < -0.39 is 5.91 Å². The number of primary amides is 1. The summed E-state index contributed by atoms with van der Waals surface area (Å²) in [7, 11) is 0. The normalized spacial score (nSPS) is 10.2. The van der Waals surface area contributed by atoms with E-state index in [0.717, 1.165) is 41.2 Å². The second kappa shape index (κ2) is 11.2. The topological polar surface area (TPSA) is 116 Å². The Bertz CT molecular complexity index is 1030. The molecule has 2 aromatic carbocycles. The molecule has 158 valence electrons. The van der Waals surface area contributed by atoms with E-state index in [9.17, 15) is 4.79 Å². The van der Waals surface area contributed by atoms with Crippen molar-refractivity contribution in [3.63, 3.8) is 0 Å². The summed E-state index contributed by atoms with van der Waals surface area (Å²) in [6.45, 7) is 1.39. The minimum absolute atomic E-state index is 0.122. The van der Waals surface area contributed by atoms with Crippen molar-refractivity contribution in [1.82, 2.24) is 4.98 Å². The molecule has 1 amide bonds. The van der Waals surface area contributed by atoms with Gasteiger partial charge in [0, 0.05) is 54.4 Å². The predicted octanol–water partition coefficient (Wildman–Crippen LogP) is 4.18. The summed E-state index contributed by atoms with van der Waals surface area (Å²) in [5, 5.41) is 18.6. The Hall–Kier alpha value is -4.05. The molecular formula is C24H26N6O. The molecule has 0 saturated heterocycles. The summed E-state index contributed by atoms with van der Waals surface area (Å²) in [6.07, 6.45) is 3.16. The van der Waals surface area contributed by atoms with Gasteiger partial charge in [-0.3, -0.25) is 4.79 Å². The van der Waals surface area contributed by atoms with Gasteiger partial charge in [0.2, 0.25) is 5.91 Å². The second-order valence-corrected chi connectivity index (χ2v) is 7.10. The Labute approximate surface area is 182 Å². The van der Waals surface area contributed by atoms with Crippen LogP contribution in [0.5, 0.6) is 0 Å². The first-order valence-electron chi connectivity index (χ1n) is 10.2. The standard InChI is InChI=1S/C24H26N6O/c25-12-4-5-13-27-20-8-10-21(11-9-20)30-24-15-22(19(17-29-24)14-23(26)31)28-16-18-6-2-1-3-7-18/h1-3,6-11,15,17,27H,4-5,13-14,16H2,(H2,26,31)(H2,28,29,30). The lowest BCUT2D eigenvalue weighted by Crippen LogP contribution is -2.15. The maximum atomic E-state index is 11.4. The van der Waals surface area contributed by atoms with Gasteiger partial charge in [-0.15, -0.1) is 0 Å². The number of hydrogen-bond donors (Lipinski definition) is 4. The number of amides is 1. The molecule has 3 rings (SSSR count). The van der Waals surface area contributed by atoms with Crippen LogP contribution in [0.2, 0.25) is 0 Å². The molecule has 0 aliphatic heterocycles. The number of nitrogens with zero attached hydrogens (tertiary/aromatic N) is 2. The first kappa shape index (κ1) is 21.7. The molecule has 0 fully saturated rings. The minimum atomic E-state index is -0.400. The van der Waals surface area contributed by atoms with Gasteiger partial charge in [-0.05, 0) is 36.2 Å². The average molecular weight is 415 g/mol. The smallest absolute Gasteiger partial charge is 0.221 e. The first-order chi connectivity index (χ1) is 15.1. The molecule has 0 aliphatic carbocycles. The fraction of sp³-hybridized carbons (Fsp3) is 0.208. The van der Waals surface area contributed by atoms with Crippen LogP contribution < -0.4 is 21.7 Å². The summed E-state index contributed by atoms with van der Waals surface area (Å²) in [5.41, 5.74) is 10.00. The molecule has 1 aromatic heterocycles. The number of hydrogen-bond acceptors (Lipinski definition) is 6. The van der Waals surface area contributed by atoms with E-state index in [2.05, 4.69) is 27.0 Å². The Morgan fingerprint density at radius 1 is 1.03 bits per heavy atom. The van der Waals surface area contributed by atoms with E-state index in [-0.39, 0.29) is 6.42 Å². The zero-order valence-electron chi connectivity index (χ0n) is 17.3. The molecule has 3 aromatic rings. The molecule has 0 radical (unpaired) electrons. The molecule has 0 atom stereocenters. The number of pyridine rings is 1. The predicted molar refractivity (Wildman–Crippen MR) is 124 cm³/mol. The van der Waals surface area contributed by atoms with Crippen LogP contribution in [0.3, 0.4) is 0 Å². The molecule has 1 heterocycles. The van der Waals surface area contributed by atoms with Crippen LogP contribution in [-0.2, 0) is 17.8 Å². The lowest BCUT2D eigenvalue weighted by molar-refractivity contribution is -0.117. The number of benzene rings is 2. The van der Waals surface area contributed by atoms with Crippen LogP contribution in [0.4, 0.5) is 22.9 Å². The third kappa shape index (κ3) is 7.05. The van der Waals surface area contributed by atoms with E-state index in [0.29, 0.717) is 18.8 Å². The molecule has 0 saturated carbocycles. The maximum absolute atomic E-state index is 11.4. The van der Waals surface area contributed by atoms with E-state index in [1.807, 2.05) is 60.7 Å². The van der Waals surface area contributed by atoms with Crippen LogP contribution in [0.1, 0.15) is 24.0 Å². The molecule has 0 aliphatic rings. The van der Waals surface area contributed by atoms with Crippen LogP contribution >= 0.6 is 0 Å². The van der Waals surface area contributed by atoms with Crippen molar-refractivity contribution in [2.45, 2.75) is 25.8 Å². The molecular weight excluding hydrogens is 388 g/mol. The Morgan fingerprint density at radius 3 is 2.48 bits per heavy atom. The second-order valence-electron chi connectivity index (χ2n) is 7.10. The largest absolute Gasteiger partial charge is 0.385 e. The lowest BCUT2D eigenvalue weighted by atomic mass is 10.1. The van der Waals surface area contributed by atoms with Gasteiger partial charge in [0.25, 0.3) is 0 Å². The van der Waals surface area contributed by atoms with Crippen molar-refractivity contribution < 1.29 is 4.79 Å². The van der Waals surface area contributed by atoms with Gasteiger partial charge in [0.15, 0.2) is 0 Å². The summed E-state index contributed by atoms with van der Waals surface area (Å²) in [6, 6.07) is 21.9. The molecule has 0 bridgehead atoms. The van der Waals surface area contributed by atoms with Gasteiger partial charge in [-0.1, -0.05) is 30.3 Å². The highest BCUT2D eigenvalue weighted by atomic mass is 16.1. The zero-order valence-corrected chi connectivity index (χ0v) is 17.3. The number of carbonyl (C=O) groups is 1. The van der Waals surface area contributed by atoms with Gasteiger partial charge in [0.05, 0.1) is 12.5 Å². The Balaban J connectivity index is 1.67. The quantitative estimate of drug-likeness (QED) is 0.350. The summed E-state index contributed by atoms with van der Waals surface area (Å²) < 4.78 is 0. The van der Waals surface area contributed by atoms with E-state index in [4.69, 9.17) is 11.0 Å². The summed E-state index contributed by atoms with van der Waals surface area (Å²) in [4.78, 5) is 15.9. The minimum Gasteiger partial charge on any atom is -0.385 e. The third-order valence-electron chi connectivity index (χ3n) is 4.63. The van der Waals surface area contributed by atoms with Gasteiger partial charge < -0.3 is 21.7 Å². The van der Waals surface area contributed by atoms with Gasteiger partial charge in [-0.25, -0.2) is 4.98 Å². The third-order valence-corrected chi connectivity index (χ3v) is 4.63. The molecule has 7 nitrogen and oxygen atoms in total. The van der Waals surface area contributed by atoms with Crippen molar-refractivity contribution >= 4 is 28.8 Å². The SMILES string of the molecule is N#CCCCNc1ccc(Nc2cc(NCc3ccccc3)c(CC(N)=O)cn2)cc1. The van der Waals surface area contributed by atoms with Crippen LogP contribution in [0.15, 0.2) is 66.9 Å². The van der Waals surface area contributed by atoms with Crippen molar-refractivity contribution in [3.8, 4) is 6.07 Å². The fourth-order valence-electron chi connectivity index (χ4n) is 3.06. The molecule has 31 heavy (non-hydrogen) atoms. The lowest BCUT2D eigenvalue weighted by Gasteiger charge is -2.14. The van der Waals surface area contributed by atoms with E-state index in [1.54, 1.807) is 6.20 Å². The number of nitrogens with one attached hydrogen (secondary N) is 3. The molecule has 5 N–H and O–H groups in total. The number of nitriles is 1. The van der Waals surface area contributed by atoms with Gasteiger partial charge >= 0.3 is 0 Å². The highest BCUT2D eigenvalue weighted by molar-refractivity contribution is 5.79. The Morgan fingerprint density at radius 2 is 1.77 bits per heavy atom. The van der Waals surface area contributed by atoms with Crippen molar-refractivity contribution in [2.75, 3.05) is 22.5 Å². The first-order valence-corrected chi connectivity index (χ1v) is 10.2. The van der Waals surface area contributed by atoms with Crippen molar-refractivity contribution in [2.24, 2.45) is 5.73 Å². The highest BCUT2D eigenvalue weighted by Crippen LogP contribution is 2.23. The average Bonchev–Trinajstić information content (AvgIpc) is 2.78. The van der Waals surface area contributed by atoms with Crippen LogP contribution in [0, 0.1) is 11.3 Å².